The predicted molar refractivity (Wildman–Crippen MR) is 124 cm³/mol. The van der Waals surface area contributed by atoms with Crippen molar-refractivity contribution in [2.75, 3.05) is 30.3 Å². The van der Waals surface area contributed by atoms with Crippen LogP contribution in [0.3, 0.4) is 0 Å². The maximum atomic E-state index is 13.4. The van der Waals surface area contributed by atoms with Crippen molar-refractivity contribution in [1.82, 2.24) is 13.9 Å². The number of nitrogen functional groups attached to an aromatic ring is 1. The molecule has 0 aromatic carbocycles. The molecule has 1 aliphatic rings. The molecule has 0 bridgehead atoms. The zero-order valence-corrected chi connectivity index (χ0v) is 19.9. The topological polar surface area (TPSA) is 139 Å². The van der Waals surface area contributed by atoms with Gasteiger partial charge in [-0.25, -0.2) is 13.2 Å². The van der Waals surface area contributed by atoms with Crippen LogP contribution in [0, 0.1) is 5.92 Å². The number of anilines is 2. The number of H-pyrrole nitrogens is 1. The average Bonchev–Trinajstić information content (AvgIpc) is 3.32. The van der Waals surface area contributed by atoms with Crippen molar-refractivity contribution in [1.29, 1.82) is 0 Å². The molecule has 3 heterocycles. The molecule has 2 aromatic heterocycles. The summed E-state index contributed by atoms with van der Waals surface area (Å²) in [5, 5.41) is 1.70. The van der Waals surface area contributed by atoms with E-state index in [-0.39, 0.29) is 34.7 Å². The Hall–Kier alpha value is -2.44. The molecule has 0 saturated carbocycles. The summed E-state index contributed by atoms with van der Waals surface area (Å²) in [6.07, 6.45) is 2.54. The van der Waals surface area contributed by atoms with Crippen LogP contribution in [0.15, 0.2) is 31.3 Å². The Bertz CT molecular complexity index is 1170. The van der Waals surface area contributed by atoms with E-state index in [1.54, 1.807) is 24.4 Å². The summed E-state index contributed by atoms with van der Waals surface area (Å²) in [4.78, 5) is 41.8. The van der Waals surface area contributed by atoms with Gasteiger partial charge >= 0.3 is 5.69 Å². The fraction of sp³-hybridized carbons (Fsp3) is 0.550. The highest BCUT2D eigenvalue weighted by Crippen LogP contribution is 2.28. The van der Waals surface area contributed by atoms with E-state index in [9.17, 15) is 22.8 Å². The summed E-state index contributed by atoms with van der Waals surface area (Å²) >= 11 is 1.13. The minimum Gasteiger partial charge on any atom is -0.383 e. The molecule has 10 nitrogen and oxygen atoms in total. The summed E-state index contributed by atoms with van der Waals surface area (Å²) in [6.45, 7) is 4.53. The largest absolute Gasteiger partial charge is 0.383 e. The normalized spacial score (nSPS) is 17.4. The number of hydrogen-bond donors (Lipinski definition) is 2. The first-order valence-corrected chi connectivity index (χ1v) is 13.0. The summed E-state index contributed by atoms with van der Waals surface area (Å²) in [6, 6.07) is 3.22. The van der Waals surface area contributed by atoms with E-state index < -0.39 is 27.2 Å². The van der Waals surface area contributed by atoms with Gasteiger partial charge in [-0.2, -0.15) is 4.31 Å². The molecular formula is C20H29N5O5S2. The van der Waals surface area contributed by atoms with Crippen molar-refractivity contribution in [3.63, 3.8) is 0 Å². The van der Waals surface area contributed by atoms with Gasteiger partial charge in [0.2, 0.25) is 5.91 Å². The number of rotatable bonds is 8. The molecule has 1 fully saturated rings. The number of nitrogens with zero attached hydrogens (tertiary/aromatic N) is 3. The van der Waals surface area contributed by atoms with Crippen molar-refractivity contribution in [3.8, 4) is 0 Å². The number of carbonyl (C=O) groups is 1. The van der Waals surface area contributed by atoms with E-state index in [1.165, 1.54) is 13.8 Å². The van der Waals surface area contributed by atoms with E-state index >= 15 is 0 Å². The first kappa shape index (κ1) is 24.2. The van der Waals surface area contributed by atoms with Gasteiger partial charge in [0.25, 0.3) is 15.6 Å². The van der Waals surface area contributed by atoms with Crippen LogP contribution in [0.2, 0.25) is 0 Å². The summed E-state index contributed by atoms with van der Waals surface area (Å²) < 4.78 is 28.7. The summed E-state index contributed by atoms with van der Waals surface area (Å²) in [5.74, 6) is -1.05. The van der Waals surface area contributed by atoms with Crippen molar-refractivity contribution < 1.29 is 13.2 Å². The van der Waals surface area contributed by atoms with Crippen LogP contribution >= 0.6 is 11.3 Å². The van der Waals surface area contributed by atoms with Crippen LogP contribution in [-0.2, 0) is 21.4 Å². The second kappa shape index (κ2) is 10.0. The highest BCUT2D eigenvalue weighted by Gasteiger charge is 2.36. The lowest BCUT2D eigenvalue weighted by Crippen LogP contribution is -2.48. The Morgan fingerprint density at radius 3 is 2.72 bits per heavy atom. The van der Waals surface area contributed by atoms with Gasteiger partial charge < -0.3 is 10.6 Å². The molecule has 1 amide bonds. The van der Waals surface area contributed by atoms with E-state index in [4.69, 9.17) is 5.73 Å². The Labute approximate surface area is 190 Å². The molecule has 1 saturated heterocycles. The molecule has 32 heavy (non-hydrogen) atoms. The second-order valence-corrected chi connectivity index (χ2v) is 10.8. The first-order valence-electron chi connectivity index (χ1n) is 10.7. The number of hydrogen-bond acceptors (Lipinski definition) is 7. The highest BCUT2D eigenvalue weighted by molar-refractivity contribution is 7.91. The molecule has 0 aliphatic carbocycles. The van der Waals surface area contributed by atoms with Gasteiger partial charge in [0.1, 0.15) is 10.0 Å². The lowest BCUT2D eigenvalue weighted by molar-refractivity contribution is -0.123. The zero-order chi connectivity index (χ0) is 23.5. The van der Waals surface area contributed by atoms with Crippen molar-refractivity contribution in [2.24, 2.45) is 5.92 Å². The third-order valence-corrected chi connectivity index (χ3v) is 8.86. The van der Waals surface area contributed by atoms with E-state index in [1.807, 2.05) is 6.92 Å². The number of nitrogens with one attached hydrogen (secondary N) is 1. The van der Waals surface area contributed by atoms with Crippen LogP contribution in [0.5, 0.6) is 0 Å². The van der Waals surface area contributed by atoms with Gasteiger partial charge in [0.15, 0.2) is 5.69 Å². The van der Waals surface area contributed by atoms with Crippen LogP contribution < -0.4 is 21.9 Å². The van der Waals surface area contributed by atoms with Crippen LogP contribution in [0.1, 0.15) is 39.5 Å². The number of nitrogens with two attached hydrogens (primary N) is 1. The van der Waals surface area contributed by atoms with E-state index in [0.717, 1.165) is 17.8 Å². The molecule has 2 aromatic rings. The number of sulfonamides is 1. The predicted octanol–water partition coefficient (Wildman–Crippen LogP) is 1.43. The quantitative estimate of drug-likeness (QED) is 0.582. The Balaban J connectivity index is 1.91. The summed E-state index contributed by atoms with van der Waals surface area (Å²) in [5.41, 5.74) is 4.77. The smallest absolute Gasteiger partial charge is 0.330 e. The highest BCUT2D eigenvalue weighted by atomic mass is 32.2. The number of carbonyl (C=O) groups excluding carboxylic acids is 1. The molecule has 3 rings (SSSR count). The lowest BCUT2D eigenvalue weighted by atomic mass is 9.98. The fourth-order valence-electron chi connectivity index (χ4n) is 3.92. The Kier molecular flexibility index (Phi) is 7.57. The van der Waals surface area contributed by atoms with Crippen LogP contribution in [0.25, 0.3) is 0 Å². The maximum absolute atomic E-state index is 13.4. The number of aromatic nitrogens is 2. The number of piperidine rings is 1. The van der Waals surface area contributed by atoms with Gasteiger partial charge in [0, 0.05) is 26.2 Å². The molecule has 1 aliphatic heterocycles. The number of thiophene rings is 1. The summed E-state index contributed by atoms with van der Waals surface area (Å²) in [7, 11) is -3.68. The molecule has 0 spiro atoms. The first-order chi connectivity index (χ1) is 15.2. The van der Waals surface area contributed by atoms with Crippen molar-refractivity contribution in [2.45, 2.75) is 50.3 Å². The standard InChI is InChI=1S/C20H29N5O5S2/c1-3-5-11-25-17(21)16(18(26)22-20(25)28)24(4-2)19(27)14-8-6-10-23(13-14)32(29,30)15-9-7-12-31-15/h7,9,12,14H,3-6,8,10-11,13,21H2,1-2H3,(H,22,26,28)/t14-/m1/s1. The number of amides is 1. The average molecular weight is 484 g/mol. The van der Waals surface area contributed by atoms with Crippen LogP contribution in [0.4, 0.5) is 11.5 Å². The molecule has 12 heteroatoms. The molecule has 1 atom stereocenters. The Morgan fingerprint density at radius 1 is 1.34 bits per heavy atom. The van der Waals surface area contributed by atoms with Gasteiger partial charge in [-0.05, 0) is 37.6 Å². The molecule has 176 valence electrons. The van der Waals surface area contributed by atoms with Crippen molar-refractivity contribution in [3.05, 3.63) is 38.4 Å². The monoisotopic (exact) mass is 483 g/mol. The molecular weight excluding hydrogens is 454 g/mol. The third kappa shape index (κ3) is 4.66. The van der Waals surface area contributed by atoms with Gasteiger partial charge in [0.05, 0.1) is 5.92 Å². The van der Waals surface area contributed by atoms with Crippen molar-refractivity contribution >= 4 is 38.8 Å². The van der Waals surface area contributed by atoms with E-state index in [0.29, 0.717) is 32.4 Å². The molecule has 3 N–H and O–H groups in total. The molecule has 0 unspecified atom stereocenters. The number of aromatic amines is 1. The minimum absolute atomic E-state index is 0.0306. The molecule has 0 radical (unpaired) electrons. The maximum Gasteiger partial charge on any atom is 0.330 e. The number of unbranched alkanes of at least 4 members (excludes halogenated alkanes) is 1. The zero-order valence-electron chi connectivity index (χ0n) is 18.2. The Morgan fingerprint density at radius 2 is 2.09 bits per heavy atom. The third-order valence-electron chi connectivity index (χ3n) is 5.62. The second-order valence-electron chi connectivity index (χ2n) is 7.72. The van der Waals surface area contributed by atoms with Gasteiger partial charge in [-0.3, -0.25) is 19.1 Å². The van der Waals surface area contributed by atoms with E-state index in [2.05, 4.69) is 4.98 Å². The van der Waals surface area contributed by atoms with Gasteiger partial charge in [-0.15, -0.1) is 11.3 Å². The van der Waals surface area contributed by atoms with Crippen LogP contribution in [-0.4, -0.2) is 47.8 Å². The SMILES string of the molecule is CCCCn1c(N)c(N(CC)C(=O)[C@@H]2CCCN(S(=O)(=O)c3cccs3)C2)c(=O)[nH]c1=O. The fourth-order valence-corrected chi connectivity index (χ4v) is 6.59. The lowest BCUT2D eigenvalue weighted by Gasteiger charge is -2.34. The van der Waals surface area contributed by atoms with Gasteiger partial charge in [-0.1, -0.05) is 19.4 Å². The minimum atomic E-state index is -3.68.